The minimum absolute atomic E-state index is 0.189. The summed E-state index contributed by atoms with van der Waals surface area (Å²) >= 11 is 0. The van der Waals surface area contributed by atoms with Gasteiger partial charge in [-0.25, -0.2) is 0 Å². The molecule has 0 bridgehead atoms. The van der Waals surface area contributed by atoms with Crippen molar-refractivity contribution in [2.45, 2.75) is 71.9 Å². The third kappa shape index (κ3) is 5.17. The van der Waals surface area contributed by atoms with Crippen LogP contribution in [0.25, 0.3) is 0 Å². The molecule has 0 aliphatic carbocycles. The molecule has 0 aromatic carbocycles. The fourth-order valence-corrected chi connectivity index (χ4v) is 4.83. The number of hydrogen-bond acceptors (Lipinski definition) is 5. The van der Waals surface area contributed by atoms with Gasteiger partial charge in [0.05, 0.1) is 18.9 Å². The third-order valence-corrected chi connectivity index (χ3v) is 6.71. The van der Waals surface area contributed by atoms with Gasteiger partial charge < -0.3 is 19.9 Å². The molecule has 2 aliphatic heterocycles. The number of nitrogens with zero attached hydrogens (tertiary/aromatic N) is 4. The number of carbonyl (C=O) groups is 1. The first-order valence-corrected chi connectivity index (χ1v) is 11.9. The van der Waals surface area contributed by atoms with E-state index < -0.39 is 0 Å². The van der Waals surface area contributed by atoms with Crippen LogP contribution in [0, 0.1) is 5.92 Å². The van der Waals surface area contributed by atoms with Crippen LogP contribution in [0.1, 0.15) is 70.6 Å². The lowest BCUT2D eigenvalue weighted by atomic mass is 9.98. The van der Waals surface area contributed by atoms with Gasteiger partial charge in [-0.05, 0) is 31.6 Å². The second-order valence-electron chi connectivity index (χ2n) is 9.06. The Hall–Kier alpha value is -1.60. The summed E-state index contributed by atoms with van der Waals surface area (Å²) in [5.74, 6) is 2.16. The average molecular weight is 420 g/mol. The van der Waals surface area contributed by atoms with Crippen LogP contribution in [0.4, 0.5) is 5.82 Å². The fraction of sp³-hybridized carbons (Fsp3) is 0.826. The number of morpholine rings is 1. The van der Waals surface area contributed by atoms with Gasteiger partial charge in [-0.15, -0.1) is 0 Å². The molecule has 30 heavy (non-hydrogen) atoms. The zero-order valence-electron chi connectivity index (χ0n) is 19.6. The molecule has 7 heteroatoms. The number of piperidine rings is 1. The highest BCUT2D eigenvalue weighted by molar-refractivity contribution is 5.78. The Morgan fingerprint density at radius 2 is 1.77 bits per heavy atom. The van der Waals surface area contributed by atoms with Crippen molar-refractivity contribution in [3.8, 4) is 0 Å². The van der Waals surface area contributed by atoms with E-state index in [4.69, 9.17) is 9.84 Å². The highest BCUT2D eigenvalue weighted by Crippen LogP contribution is 2.29. The van der Waals surface area contributed by atoms with Crippen LogP contribution in [0.15, 0.2) is 0 Å². The molecule has 7 nitrogen and oxygen atoms in total. The van der Waals surface area contributed by atoms with E-state index in [1.807, 2.05) is 0 Å². The van der Waals surface area contributed by atoms with E-state index in [1.165, 1.54) is 17.1 Å². The molecule has 0 atom stereocenters. The first-order valence-electron chi connectivity index (χ1n) is 11.9. The van der Waals surface area contributed by atoms with Crippen LogP contribution in [0.5, 0.6) is 0 Å². The smallest absolute Gasteiger partial charge is 0.225 e. The summed E-state index contributed by atoms with van der Waals surface area (Å²) in [6.07, 6.45) is 3.93. The van der Waals surface area contributed by atoms with Crippen molar-refractivity contribution in [1.29, 1.82) is 0 Å². The molecule has 1 aromatic heterocycles. The summed E-state index contributed by atoms with van der Waals surface area (Å²) in [5.41, 5.74) is 2.51. The molecule has 170 valence electrons. The van der Waals surface area contributed by atoms with Gasteiger partial charge >= 0.3 is 0 Å². The number of anilines is 1. The summed E-state index contributed by atoms with van der Waals surface area (Å²) in [4.78, 5) is 17.2. The summed E-state index contributed by atoms with van der Waals surface area (Å²) in [6, 6.07) is 0.452. The number of hydrogen-bond donors (Lipinski definition) is 1. The second kappa shape index (κ2) is 10.6. The molecule has 0 radical (unpaired) electrons. The van der Waals surface area contributed by atoms with Crippen molar-refractivity contribution in [2.75, 3.05) is 44.3 Å². The number of ether oxygens (including phenoxy) is 1. The van der Waals surface area contributed by atoms with Crippen LogP contribution >= 0.6 is 0 Å². The highest BCUT2D eigenvalue weighted by atomic mass is 16.5. The minimum atomic E-state index is 0.189. The predicted molar refractivity (Wildman–Crippen MR) is 121 cm³/mol. The van der Waals surface area contributed by atoms with Gasteiger partial charge in [0.25, 0.3) is 0 Å². The average Bonchev–Trinajstić information content (AvgIpc) is 3.10. The molecule has 0 saturated carbocycles. The number of carbonyl (C=O) groups excluding carboxylic acids is 1. The van der Waals surface area contributed by atoms with Crippen LogP contribution in [0.2, 0.25) is 0 Å². The maximum absolute atomic E-state index is 12.7. The molecule has 1 amide bonds. The fourth-order valence-electron chi connectivity index (χ4n) is 4.83. The van der Waals surface area contributed by atoms with Gasteiger partial charge in [-0.1, -0.05) is 27.7 Å². The molecule has 2 aliphatic rings. The van der Waals surface area contributed by atoms with Crippen molar-refractivity contribution in [1.82, 2.24) is 20.0 Å². The maximum atomic E-state index is 12.7. The van der Waals surface area contributed by atoms with Crippen molar-refractivity contribution < 1.29 is 9.53 Å². The van der Waals surface area contributed by atoms with E-state index in [0.717, 1.165) is 71.6 Å². The van der Waals surface area contributed by atoms with E-state index in [9.17, 15) is 4.79 Å². The van der Waals surface area contributed by atoms with Gasteiger partial charge in [0, 0.05) is 57.3 Å². The number of amides is 1. The third-order valence-electron chi connectivity index (χ3n) is 6.71. The van der Waals surface area contributed by atoms with Gasteiger partial charge in [-0.2, -0.15) is 5.10 Å². The standard InChI is InChI=1S/C23H41N5O2/c1-6-18(7-2)23(29)28-10-8-19(9-11-28)24-16-20-21(17(3)4)25-26(5)22(20)27-12-14-30-15-13-27/h17-19,24H,6-16H2,1-5H3. The van der Waals surface area contributed by atoms with Crippen LogP contribution in [-0.2, 0) is 23.1 Å². The molecule has 3 rings (SSSR count). The van der Waals surface area contributed by atoms with Crippen LogP contribution in [-0.4, -0.2) is 66.0 Å². The first-order chi connectivity index (χ1) is 14.5. The topological polar surface area (TPSA) is 62.6 Å². The predicted octanol–water partition coefficient (Wildman–Crippen LogP) is 2.90. The molecule has 2 fully saturated rings. The molecule has 1 N–H and O–H groups in total. The van der Waals surface area contributed by atoms with Crippen molar-refractivity contribution in [3.05, 3.63) is 11.3 Å². The molecular weight excluding hydrogens is 378 g/mol. The summed E-state index contributed by atoms with van der Waals surface area (Å²) in [7, 11) is 2.06. The molecule has 3 heterocycles. The normalized spacial score (nSPS) is 18.6. The summed E-state index contributed by atoms with van der Waals surface area (Å²) in [6.45, 7) is 14.6. The van der Waals surface area contributed by atoms with Gasteiger partial charge in [0.15, 0.2) is 0 Å². The Balaban J connectivity index is 1.63. The van der Waals surface area contributed by atoms with Crippen molar-refractivity contribution >= 4 is 11.7 Å². The molecule has 2 saturated heterocycles. The lowest BCUT2D eigenvalue weighted by Gasteiger charge is -2.35. The van der Waals surface area contributed by atoms with Gasteiger partial charge in [0.2, 0.25) is 5.91 Å². The molecule has 0 spiro atoms. The van der Waals surface area contributed by atoms with Crippen molar-refractivity contribution in [3.63, 3.8) is 0 Å². The number of nitrogens with one attached hydrogen (secondary N) is 1. The number of likely N-dealkylation sites (tertiary alicyclic amines) is 1. The maximum Gasteiger partial charge on any atom is 0.225 e. The van der Waals surface area contributed by atoms with Crippen LogP contribution < -0.4 is 10.2 Å². The SMILES string of the molecule is CCC(CC)C(=O)N1CCC(NCc2c(C(C)C)nn(C)c2N2CCOCC2)CC1. The number of aromatic nitrogens is 2. The van der Waals surface area contributed by atoms with E-state index in [0.29, 0.717) is 17.9 Å². The zero-order chi connectivity index (χ0) is 21.7. The largest absolute Gasteiger partial charge is 0.378 e. The Morgan fingerprint density at radius 3 is 2.33 bits per heavy atom. The van der Waals surface area contributed by atoms with E-state index in [1.54, 1.807) is 0 Å². The monoisotopic (exact) mass is 419 g/mol. The minimum Gasteiger partial charge on any atom is -0.378 e. The Morgan fingerprint density at radius 1 is 1.13 bits per heavy atom. The number of aryl methyl sites for hydroxylation is 1. The molecule has 1 aromatic rings. The summed E-state index contributed by atoms with van der Waals surface area (Å²) in [5, 5.41) is 8.66. The first kappa shape index (κ1) is 23.1. The quantitative estimate of drug-likeness (QED) is 0.702. The highest BCUT2D eigenvalue weighted by Gasteiger charge is 2.28. The van der Waals surface area contributed by atoms with Crippen LogP contribution in [0.3, 0.4) is 0 Å². The van der Waals surface area contributed by atoms with Crippen molar-refractivity contribution in [2.24, 2.45) is 13.0 Å². The summed E-state index contributed by atoms with van der Waals surface area (Å²) < 4.78 is 7.60. The van der Waals surface area contributed by atoms with Gasteiger partial charge in [0.1, 0.15) is 5.82 Å². The Labute approximate surface area is 182 Å². The number of rotatable bonds is 8. The molecular formula is C23H41N5O2. The molecule has 0 unspecified atom stereocenters. The Kier molecular flexibility index (Phi) is 8.17. The second-order valence-corrected chi connectivity index (χ2v) is 9.06. The van der Waals surface area contributed by atoms with E-state index >= 15 is 0 Å². The Bertz CT molecular complexity index is 684. The van der Waals surface area contributed by atoms with E-state index in [2.05, 4.69) is 54.5 Å². The lowest BCUT2D eigenvalue weighted by molar-refractivity contribution is -0.136. The van der Waals surface area contributed by atoms with Gasteiger partial charge in [-0.3, -0.25) is 9.48 Å². The lowest BCUT2D eigenvalue weighted by Crippen LogP contribution is -2.46. The zero-order valence-corrected chi connectivity index (χ0v) is 19.6. The van der Waals surface area contributed by atoms with E-state index in [-0.39, 0.29) is 5.92 Å².